The lowest BCUT2D eigenvalue weighted by molar-refractivity contribution is 0.123. The van der Waals surface area contributed by atoms with Crippen LogP contribution in [0.3, 0.4) is 0 Å². The van der Waals surface area contributed by atoms with E-state index in [0.717, 1.165) is 48.0 Å². The fourth-order valence-corrected chi connectivity index (χ4v) is 6.10. The van der Waals surface area contributed by atoms with E-state index in [2.05, 4.69) is 149 Å². The van der Waals surface area contributed by atoms with E-state index in [1.54, 1.807) is 6.08 Å². The maximum atomic E-state index is 12.2. The molecule has 1 spiro atoms. The van der Waals surface area contributed by atoms with Gasteiger partial charge in [0.1, 0.15) is 0 Å². The molecule has 1 aromatic carbocycles. The summed E-state index contributed by atoms with van der Waals surface area (Å²) >= 11 is 0. The van der Waals surface area contributed by atoms with Crippen LogP contribution in [0.5, 0.6) is 0 Å². The van der Waals surface area contributed by atoms with Crippen molar-refractivity contribution in [3.63, 3.8) is 0 Å². The first kappa shape index (κ1) is 34.8. The van der Waals surface area contributed by atoms with Gasteiger partial charge in [-0.25, -0.2) is 0 Å². The molecule has 2 aliphatic rings. The third kappa shape index (κ3) is 9.91. The molecule has 3 atom stereocenters. The molecule has 0 aliphatic heterocycles. The van der Waals surface area contributed by atoms with Crippen molar-refractivity contribution in [1.82, 2.24) is 5.32 Å². The van der Waals surface area contributed by atoms with Crippen molar-refractivity contribution in [2.45, 2.75) is 82.8 Å². The van der Waals surface area contributed by atoms with Crippen LogP contribution < -0.4 is 5.32 Å². The maximum Gasteiger partial charge on any atom is 0.0829 e. The van der Waals surface area contributed by atoms with E-state index in [9.17, 15) is 5.11 Å². The maximum absolute atomic E-state index is 12.2. The van der Waals surface area contributed by atoms with E-state index in [4.69, 9.17) is 0 Å². The Morgan fingerprint density at radius 3 is 2.66 bits per heavy atom. The van der Waals surface area contributed by atoms with E-state index in [1.165, 1.54) is 30.4 Å². The molecule has 0 aromatic heterocycles. The molecule has 2 aliphatic carbocycles. The van der Waals surface area contributed by atoms with Crippen LogP contribution in [-0.2, 0) is 5.41 Å². The molecule has 232 valence electrons. The average molecular weight is 588 g/mol. The Balaban J connectivity index is 2.21. The Morgan fingerprint density at radius 2 is 1.89 bits per heavy atom. The predicted molar refractivity (Wildman–Crippen MR) is 194 cm³/mol. The molecular formula is C42H53NO. The molecule has 0 saturated carbocycles. The standard InChI is InChI=1S/C42H53NO/c1-6-9-12-15-21-35-29-28-34(4)32-37(38(25-11-8-3)40(43-5)27-14-10-7-2)24-20-31-42(41(44)33-35)30-19-13-16-22-36-23-17-18-26-39(36)42/h6,8-9,11-13,16-20,22-26,28-29,32-33,40-41,43-44H,1,4,7,10,14-15,21,27,30-31H2,2-3,5H3/b11-8-,12-9-,19-13-,22-16-,24-20-,29-28?,35-33?,37-32+,38-25-. The largest absolute Gasteiger partial charge is 0.388 e. The monoisotopic (exact) mass is 587 g/mol. The van der Waals surface area contributed by atoms with Gasteiger partial charge in [-0.05, 0) is 85.6 Å². The van der Waals surface area contributed by atoms with Gasteiger partial charge in [0.25, 0.3) is 0 Å². The third-order valence-electron chi connectivity index (χ3n) is 8.57. The highest BCUT2D eigenvalue weighted by Crippen LogP contribution is 2.41. The van der Waals surface area contributed by atoms with Crippen LogP contribution in [0.4, 0.5) is 0 Å². The van der Waals surface area contributed by atoms with Crippen molar-refractivity contribution in [2.24, 2.45) is 0 Å². The van der Waals surface area contributed by atoms with Gasteiger partial charge in [0, 0.05) is 11.5 Å². The fraction of sp³-hybridized carbons (Fsp3) is 0.333. The number of aliphatic hydroxyl groups excluding tert-OH is 1. The summed E-state index contributed by atoms with van der Waals surface area (Å²) in [5, 5.41) is 15.8. The lowest BCUT2D eigenvalue weighted by Crippen LogP contribution is -2.39. The summed E-state index contributed by atoms with van der Waals surface area (Å²) in [6.45, 7) is 12.5. The molecule has 2 nitrogen and oxygen atoms in total. The molecule has 0 radical (unpaired) electrons. The first-order valence-electron chi connectivity index (χ1n) is 16.3. The van der Waals surface area contributed by atoms with Crippen LogP contribution >= 0.6 is 0 Å². The van der Waals surface area contributed by atoms with Crippen molar-refractivity contribution in [2.75, 3.05) is 7.05 Å². The van der Waals surface area contributed by atoms with E-state index >= 15 is 0 Å². The first-order valence-corrected chi connectivity index (χ1v) is 16.3. The van der Waals surface area contributed by atoms with Crippen molar-refractivity contribution in [1.29, 1.82) is 0 Å². The van der Waals surface area contributed by atoms with Crippen molar-refractivity contribution in [3.8, 4) is 0 Å². The summed E-state index contributed by atoms with van der Waals surface area (Å²) in [5.41, 5.74) is 6.23. The number of nitrogens with one attached hydrogen (secondary N) is 1. The number of aliphatic hydroxyl groups is 1. The normalized spacial score (nSPS) is 25.2. The minimum atomic E-state index is -0.690. The predicted octanol–water partition coefficient (Wildman–Crippen LogP) is 10.4. The van der Waals surface area contributed by atoms with Gasteiger partial charge in [-0.15, -0.1) is 0 Å². The second-order valence-corrected chi connectivity index (χ2v) is 11.7. The van der Waals surface area contributed by atoms with Crippen LogP contribution in [0, 0.1) is 0 Å². The third-order valence-corrected chi connectivity index (χ3v) is 8.57. The van der Waals surface area contributed by atoms with Gasteiger partial charge in [-0.3, -0.25) is 0 Å². The summed E-state index contributed by atoms with van der Waals surface area (Å²) in [6.07, 6.45) is 41.0. The van der Waals surface area contributed by atoms with Gasteiger partial charge in [0.05, 0.1) is 6.10 Å². The number of allylic oxidation sites excluding steroid dienone is 16. The highest BCUT2D eigenvalue weighted by atomic mass is 16.3. The van der Waals surface area contributed by atoms with Crippen LogP contribution in [0.2, 0.25) is 0 Å². The van der Waals surface area contributed by atoms with E-state index in [1.807, 2.05) is 6.08 Å². The lowest BCUT2D eigenvalue weighted by atomic mass is 9.67. The minimum Gasteiger partial charge on any atom is -0.388 e. The quantitative estimate of drug-likeness (QED) is 0.188. The van der Waals surface area contributed by atoms with Gasteiger partial charge >= 0.3 is 0 Å². The molecule has 0 bridgehead atoms. The Hall–Kier alpha value is -3.72. The van der Waals surface area contributed by atoms with Crippen molar-refractivity contribution >= 4 is 6.08 Å². The topological polar surface area (TPSA) is 32.3 Å². The summed E-state index contributed by atoms with van der Waals surface area (Å²) in [5.74, 6) is 0. The number of rotatable bonds is 12. The SMILES string of the molecule is C=C/C=C\CCC1=CC(O)C2(C/C=C\C=C/c3ccccc32)C\C=C/C(C(=C/C=C\C)/C(CCCCC)NC)=C\C(=C)C=C1. The van der Waals surface area contributed by atoms with Gasteiger partial charge in [0.15, 0.2) is 0 Å². The van der Waals surface area contributed by atoms with Crippen molar-refractivity contribution < 1.29 is 5.11 Å². The van der Waals surface area contributed by atoms with Crippen molar-refractivity contribution in [3.05, 3.63) is 162 Å². The zero-order valence-electron chi connectivity index (χ0n) is 27.2. The molecule has 3 rings (SSSR count). The molecule has 44 heavy (non-hydrogen) atoms. The van der Waals surface area contributed by atoms with E-state index in [0.29, 0.717) is 6.42 Å². The number of hydrogen-bond acceptors (Lipinski definition) is 2. The Bertz CT molecular complexity index is 1370. The summed E-state index contributed by atoms with van der Waals surface area (Å²) in [7, 11) is 2.06. The molecule has 1 aromatic rings. The second kappa shape index (κ2) is 18.8. The molecule has 2 N–H and O–H groups in total. The first-order chi connectivity index (χ1) is 21.5. The molecular weight excluding hydrogens is 534 g/mol. The van der Waals surface area contributed by atoms with Crippen LogP contribution in [0.25, 0.3) is 6.08 Å². The molecule has 0 amide bonds. The Morgan fingerprint density at radius 1 is 1.07 bits per heavy atom. The molecule has 0 heterocycles. The lowest BCUT2D eigenvalue weighted by Gasteiger charge is -2.38. The van der Waals surface area contributed by atoms with Gasteiger partial charge in [0.2, 0.25) is 0 Å². The smallest absolute Gasteiger partial charge is 0.0829 e. The molecule has 2 heteroatoms. The fourth-order valence-electron chi connectivity index (χ4n) is 6.10. The zero-order valence-corrected chi connectivity index (χ0v) is 27.2. The van der Waals surface area contributed by atoms with Gasteiger partial charge in [-0.2, -0.15) is 0 Å². The van der Waals surface area contributed by atoms with Crippen LogP contribution in [0.15, 0.2) is 151 Å². The molecule has 0 fully saturated rings. The Kier molecular flexibility index (Phi) is 14.9. The highest BCUT2D eigenvalue weighted by Gasteiger charge is 2.38. The number of fused-ring (bicyclic) bond motifs is 2. The zero-order chi connectivity index (χ0) is 31.6. The minimum absolute atomic E-state index is 0.222. The van der Waals surface area contributed by atoms with Crippen LogP contribution in [-0.4, -0.2) is 24.3 Å². The highest BCUT2D eigenvalue weighted by molar-refractivity contribution is 5.59. The van der Waals surface area contributed by atoms with E-state index < -0.39 is 11.5 Å². The molecule has 0 saturated heterocycles. The van der Waals surface area contributed by atoms with Gasteiger partial charge < -0.3 is 10.4 Å². The van der Waals surface area contributed by atoms with Gasteiger partial charge in [-0.1, -0.05) is 155 Å². The summed E-state index contributed by atoms with van der Waals surface area (Å²) in [6, 6.07) is 8.75. The summed E-state index contributed by atoms with van der Waals surface area (Å²) in [4.78, 5) is 0. The number of unbranched alkanes of at least 4 members (excludes halogenated alkanes) is 2. The number of likely N-dealkylation sites (N-methyl/N-ethyl adjacent to an activating group) is 1. The average Bonchev–Trinajstić information content (AvgIpc) is 3.02. The molecule has 3 unspecified atom stereocenters. The summed E-state index contributed by atoms with van der Waals surface area (Å²) < 4.78 is 0. The van der Waals surface area contributed by atoms with E-state index in [-0.39, 0.29) is 6.04 Å². The number of hydrogen-bond donors (Lipinski definition) is 2. The Labute approximate surface area is 267 Å². The number of benzene rings is 1. The van der Waals surface area contributed by atoms with Crippen LogP contribution in [0.1, 0.15) is 76.3 Å². The second-order valence-electron chi connectivity index (χ2n) is 11.7.